The van der Waals surface area contributed by atoms with Gasteiger partial charge in [0, 0.05) is 39.1 Å². The van der Waals surface area contributed by atoms with E-state index in [0.29, 0.717) is 18.8 Å². The molecular formula is C18H27N5O2. The fraction of sp³-hybridized carbons (Fsp3) is 0.611. The second-order valence-corrected chi connectivity index (χ2v) is 6.83. The third-order valence-corrected chi connectivity index (χ3v) is 4.96. The van der Waals surface area contributed by atoms with E-state index < -0.39 is 0 Å². The summed E-state index contributed by atoms with van der Waals surface area (Å²) in [4.78, 5) is 32.0. The van der Waals surface area contributed by atoms with Crippen LogP contribution in [-0.2, 0) is 4.79 Å². The maximum absolute atomic E-state index is 12.1. The van der Waals surface area contributed by atoms with E-state index in [1.807, 2.05) is 17.0 Å². The van der Waals surface area contributed by atoms with E-state index in [-0.39, 0.29) is 18.0 Å². The first-order valence-electron chi connectivity index (χ1n) is 9.16. The summed E-state index contributed by atoms with van der Waals surface area (Å²) >= 11 is 0. The molecule has 0 spiro atoms. The van der Waals surface area contributed by atoms with Gasteiger partial charge in [-0.25, -0.2) is 9.78 Å². The Morgan fingerprint density at radius 3 is 2.40 bits per heavy atom. The number of piperidine rings is 2. The summed E-state index contributed by atoms with van der Waals surface area (Å²) in [7, 11) is 0. The summed E-state index contributed by atoms with van der Waals surface area (Å²) in [6.45, 7) is 5.10. The molecule has 0 aromatic carbocycles. The molecule has 1 aromatic heterocycles. The summed E-state index contributed by atoms with van der Waals surface area (Å²) in [5, 5.41) is 5.82. The molecule has 7 nitrogen and oxygen atoms in total. The Morgan fingerprint density at radius 1 is 1.08 bits per heavy atom. The highest BCUT2D eigenvalue weighted by molar-refractivity contribution is 5.89. The lowest BCUT2D eigenvalue weighted by Crippen LogP contribution is -2.47. The SMILES string of the molecule is CC(=O)N1CCC(NC(=O)Nc2ccc(N3CCCCC3)nc2)CC1. The van der Waals surface area contributed by atoms with E-state index >= 15 is 0 Å². The average molecular weight is 345 g/mol. The number of anilines is 2. The fourth-order valence-corrected chi connectivity index (χ4v) is 3.46. The van der Waals surface area contributed by atoms with Crippen LogP contribution in [0.2, 0.25) is 0 Å². The number of amides is 3. The van der Waals surface area contributed by atoms with Gasteiger partial charge in [0.25, 0.3) is 0 Å². The van der Waals surface area contributed by atoms with Gasteiger partial charge in [-0.15, -0.1) is 0 Å². The number of aromatic nitrogens is 1. The molecule has 2 aliphatic heterocycles. The number of hydrogen-bond acceptors (Lipinski definition) is 4. The fourth-order valence-electron chi connectivity index (χ4n) is 3.46. The van der Waals surface area contributed by atoms with Gasteiger partial charge >= 0.3 is 6.03 Å². The van der Waals surface area contributed by atoms with E-state index in [1.165, 1.54) is 19.3 Å². The molecule has 25 heavy (non-hydrogen) atoms. The number of nitrogens with one attached hydrogen (secondary N) is 2. The van der Waals surface area contributed by atoms with Gasteiger partial charge < -0.3 is 20.4 Å². The van der Waals surface area contributed by atoms with Crippen molar-refractivity contribution in [3.8, 4) is 0 Å². The molecular weight excluding hydrogens is 318 g/mol. The lowest BCUT2D eigenvalue weighted by atomic mass is 10.1. The highest BCUT2D eigenvalue weighted by Crippen LogP contribution is 2.19. The molecule has 0 radical (unpaired) electrons. The second kappa shape index (κ2) is 8.18. The number of carbonyl (C=O) groups excluding carboxylic acids is 2. The molecule has 0 unspecified atom stereocenters. The molecule has 136 valence electrons. The van der Waals surface area contributed by atoms with Gasteiger partial charge in [-0.2, -0.15) is 0 Å². The summed E-state index contributed by atoms with van der Waals surface area (Å²) < 4.78 is 0. The van der Waals surface area contributed by atoms with E-state index in [2.05, 4.69) is 20.5 Å². The van der Waals surface area contributed by atoms with Crippen molar-refractivity contribution in [1.82, 2.24) is 15.2 Å². The van der Waals surface area contributed by atoms with Crippen molar-refractivity contribution in [2.24, 2.45) is 0 Å². The zero-order chi connectivity index (χ0) is 17.6. The second-order valence-electron chi connectivity index (χ2n) is 6.83. The molecule has 0 bridgehead atoms. The van der Waals surface area contributed by atoms with Crippen LogP contribution in [0.3, 0.4) is 0 Å². The summed E-state index contributed by atoms with van der Waals surface area (Å²) in [6.07, 6.45) is 7.01. The molecule has 0 atom stereocenters. The van der Waals surface area contributed by atoms with Crippen molar-refractivity contribution in [2.75, 3.05) is 36.4 Å². The largest absolute Gasteiger partial charge is 0.357 e. The van der Waals surface area contributed by atoms with Crippen LogP contribution in [0.1, 0.15) is 39.0 Å². The van der Waals surface area contributed by atoms with Gasteiger partial charge in [0.15, 0.2) is 0 Å². The van der Waals surface area contributed by atoms with Crippen LogP contribution >= 0.6 is 0 Å². The molecule has 7 heteroatoms. The highest BCUT2D eigenvalue weighted by atomic mass is 16.2. The molecule has 2 N–H and O–H groups in total. The minimum Gasteiger partial charge on any atom is -0.357 e. The first-order chi connectivity index (χ1) is 12.1. The summed E-state index contributed by atoms with van der Waals surface area (Å²) in [6, 6.07) is 3.76. The number of hydrogen-bond donors (Lipinski definition) is 2. The van der Waals surface area contributed by atoms with Crippen molar-refractivity contribution < 1.29 is 9.59 Å². The zero-order valence-electron chi connectivity index (χ0n) is 14.8. The lowest BCUT2D eigenvalue weighted by molar-refractivity contribution is -0.129. The topological polar surface area (TPSA) is 77.6 Å². The first-order valence-corrected chi connectivity index (χ1v) is 9.16. The predicted molar refractivity (Wildman–Crippen MR) is 97.7 cm³/mol. The maximum atomic E-state index is 12.1. The van der Waals surface area contributed by atoms with Crippen LogP contribution in [-0.4, -0.2) is 54.0 Å². The average Bonchev–Trinajstić information content (AvgIpc) is 2.63. The van der Waals surface area contributed by atoms with Crippen molar-refractivity contribution in [2.45, 2.75) is 45.1 Å². The Bertz CT molecular complexity index is 590. The van der Waals surface area contributed by atoms with Crippen molar-refractivity contribution in [3.63, 3.8) is 0 Å². The zero-order valence-corrected chi connectivity index (χ0v) is 14.8. The van der Waals surface area contributed by atoms with Crippen molar-refractivity contribution in [3.05, 3.63) is 18.3 Å². The monoisotopic (exact) mass is 345 g/mol. The van der Waals surface area contributed by atoms with Gasteiger partial charge in [-0.3, -0.25) is 4.79 Å². The number of nitrogens with zero attached hydrogens (tertiary/aromatic N) is 3. The molecule has 0 saturated carbocycles. The van der Waals surface area contributed by atoms with Gasteiger partial charge in [0.2, 0.25) is 5.91 Å². The van der Waals surface area contributed by atoms with Gasteiger partial charge in [0.05, 0.1) is 11.9 Å². The molecule has 3 amide bonds. The summed E-state index contributed by atoms with van der Waals surface area (Å²) in [5.74, 6) is 1.07. The van der Waals surface area contributed by atoms with Crippen molar-refractivity contribution in [1.29, 1.82) is 0 Å². The molecule has 2 aliphatic rings. The Kier molecular flexibility index (Phi) is 5.73. The molecule has 3 rings (SSSR count). The summed E-state index contributed by atoms with van der Waals surface area (Å²) in [5.41, 5.74) is 0.694. The van der Waals surface area contributed by atoms with E-state index in [4.69, 9.17) is 0 Å². The van der Waals surface area contributed by atoms with Crippen LogP contribution in [0.25, 0.3) is 0 Å². The normalized spacial score (nSPS) is 18.8. The molecule has 2 saturated heterocycles. The molecule has 1 aromatic rings. The maximum Gasteiger partial charge on any atom is 0.319 e. The quantitative estimate of drug-likeness (QED) is 0.880. The molecule has 0 aliphatic carbocycles. The first kappa shape index (κ1) is 17.5. The van der Waals surface area contributed by atoms with E-state index in [1.54, 1.807) is 13.1 Å². The van der Waals surface area contributed by atoms with Crippen LogP contribution in [0.4, 0.5) is 16.3 Å². The Labute approximate surface area is 148 Å². The van der Waals surface area contributed by atoms with Crippen LogP contribution in [0.5, 0.6) is 0 Å². The highest BCUT2D eigenvalue weighted by Gasteiger charge is 2.22. The van der Waals surface area contributed by atoms with Gasteiger partial charge in [-0.05, 0) is 44.2 Å². The molecule has 3 heterocycles. The Balaban J connectivity index is 1.45. The third kappa shape index (κ3) is 4.84. The van der Waals surface area contributed by atoms with E-state index in [9.17, 15) is 9.59 Å². The van der Waals surface area contributed by atoms with E-state index in [0.717, 1.165) is 31.7 Å². The van der Waals surface area contributed by atoms with Gasteiger partial charge in [0.1, 0.15) is 5.82 Å². The van der Waals surface area contributed by atoms with Gasteiger partial charge in [-0.1, -0.05) is 0 Å². The number of pyridine rings is 1. The number of urea groups is 1. The number of likely N-dealkylation sites (tertiary alicyclic amines) is 1. The minimum atomic E-state index is -0.214. The van der Waals surface area contributed by atoms with Crippen molar-refractivity contribution >= 4 is 23.4 Å². The van der Waals surface area contributed by atoms with Crippen LogP contribution in [0, 0.1) is 0 Å². The van der Waals surface area contributed by atoms with Crippen LogP contribution < -0.4 is 15.5 Å². The van der Waals surface area contributed by atoms with Crippen LogP contribution in [0.15, 0.2) is 18.3 Å². The lowest BCUT2D eigenvalue weighted by Gasteiger charge is -2.31. The predicted octanol–water partition coefficient (Wildman–Crippen LogP) is 2.20. The Morgan fingerprint density at radius 2 is 1.80 bits per heavy atom. The smallest absolute Gasteiger partial charge is 0.319 e. The number of rotatable bonds is 3. The molecule has 2 fully saturated rings. The number of carbonyl (C=O) groups is 2. The third-order valence-electron chi connectivity index (χ3n) is 4.96. The Hall–Kier alpha value is -2.31. The minimum absolute atomic E-state index is 0.0998. The standard InChI is InChI=1S/C18H27N5O2/c1-14(24)22-11-7-15(8-12-22)20-18(25)21-16-5-6-17(19-13-16)23-9-3-2-4-10-23/h5-6,13,15H,2-4,7-12H2,1H3,(H2,20,21,25).